The molecule has 0 aliphatic carbocycles. The van der Waals surface area contributed by atoms with Gasteiger partial charge in [-0.3, -0.25) is 14.6 Å². The molecule has 2 fully saturated rings. The molecule has 0 saturated carbocycles. The third-order valence-corrected chi connectivity index (χ3v) is 3.69. The number of likely N-dealkylation sites (tertiary alicyclic amines) is 2. The number of halogens is 3. The third-order valence-electron chi connectivity index (χ3n) is 3.69. The molecule has 2 aliphatic rings. The summed E-state index contributed by atoms with van der Waals surface area (Å²) in [4.78, 5) is 14.7. The van der Waals surface area contributed by atoms with Crippen LogP contribution in [0.3, 0.4) is 0 Å². The molecular formula is C11H18F3N3O. The fraction of sp³-hybridized carbons (Fsp3) is 0.909. The Morgan fingerprint density at radius 1 is 1.17 bits per heavy atom. The minimum atomic E-state index is -4.11. The van der Waals surface area contributed by atoms with Crippen LogP contribution in [0.1, 0.15) is 0 Å². The molecule has 7 heteroatoms. The van der Waals surface area contributed by atoms with Gasteiger partial charge in [0, 0.05) is 33.2 Å². The number of fused-ring (bicyclic) bond motifs is 1. The summed E-state index contributed by atoms with van der Waals surface area (Å²) in [5.41, 5.74) is 0. The van der Waals surface area contributed by atoms with Crippen LogP contribution < -0.4 is 5.32 Å². The van der Waals surface area contributed by atoms with E-state index < -0.39 is 12.7 Å². The van der Waals surface area contributed by atoms with Crippen LogP contribution in [0, 0.1) is 11.8 Å². The Morgan fingerprint density at radius 2 is 1.67 bits per heavy atom. The van der Waals surface area contributed by atoms with E-state index >= 15 is 0 Å². The molecule has 2 heterocycles. The molecule has 2 atom stereocenters. The summed E-state index contributed by atoms with van der Waals surface area (Å²) in [6.45, 7) is 1.99. The Balaban J connectivity index is 1.79. The number of nitrogens with one attached hydrogen (secondary N) is 1. The minimum Gasteiger partial charge on any atom is -0.358 e. The number of hydrogen-bond donors (Lipinski definition) is 1. The van der Waals surface area contributed by atoms with Crippen LogP contribution in [0.15, 0.2) is 0 Å². The summed E-state index contributed by atoms with van der Waals surface area (Å²) in [5.74, 6) is 0.510. The normalized spacial score (nSPS) is 29.6. The van der Waals surface area contributed by atoms with Gasteiger partial charge in [-0.05, 0) is 11.8 Å². The maximum atomic E-state index is 12.3. The summed E-state index contributed by atoms with van der Waals surface area (Å²) < 4.78 is 36.8. The Kier molecular flexibility index (Phi) is 3.82. The number of carbonyl (C=O) groups is 1. The molecule has 1 N–H and O–H groups in total. The van der Waals surface area contributed by atoms with Gasteiger partial charge in [-0.15, -0.1) is 0 Å². The fourth-order valence-electron chi connectivity index (χ4n) is 2.98. The van der Waals surface area contributed by atoms with Crippen molar-refractivity contribution in [1.82, 2.24) is 15.1 Å². The number of alkyl halides is 3. The molecule has 0 radical (unpaired) electrons. The van der Waals surface area contributed by atoms with Crippen molar-refractivity contribution in [2.75, 3.05) is 46.3 Å². The molecule has 0 spiro atoms. The first-order valence-corrected chi connectivity index (χ1v) is 6.09. The number of amides is 1. The molecule has 1 amide bonds. The van der Waals surface area contributed by atoms with Crippen molar-refractivity contribution in [3.05, 3.63) is 0 Å². The summed E-state index contributed by atoms with van der Waals surface area (Å²) in [5, 5.41) is 2.56. The molecule has 2 unspecified atom stereocenters. The molecule has 2 saturated heterocycles. The Bertz CT molecular complexity index is 307. The van der Waals surface area contributed by atoms with E-state index in [1.54, 1.807) is 7.05 Å². The van der Waals surface area contributed by atoms with Crippen LogP contribution in [0.4, 0.5) is 13.2 Å². The van der Waals surface area contributed by atoms with Crippen molar-refractivity contribution in [2.45, 2.75) is 6.18 Å². The zero-order valence-electron chi connectivity index (χ0n) is 10.3. The van der Waals surface area contributed by atoms with E-state index in [1.807, 2.05) is 4.90 Å². The SMILES string of the molecule is CNC(=O)CN1CC2CN(CC(F)(F)F)CC2C1. The van der Waals surface area contributed by atoms with E-state index in [2.05, 4.69) is 5.32 Å². The average Bonchev–Trinajstić information content (AvgIpc) is 2.72. The number of rotatable bonds is 3. The van der Waals surface area contributed by atoms with Gasteiger partial charge >= 0.3 is 6.18 Å². The van der Waals surface area contributed by atoms with Crippen molar-refractivity contribution in [3.8, 4) is 0 Å². The molecule has 18 heavy (non-hydrogen) atoms. The van der Waals surface area contributed by atoms with Crippen LogP contribution >= 0.6 is 0 Å². The van der Waals surface area contributed by atoms with Crippen LogP contribution in [0.2, 0.25) is 0 Å². The number of hydrogen-bond acceptors (Lipinski definition) is 3. The molecule has 104 valence electrons. The van der Waals surface area contributed by atoms with Gasteiger partial charge in [-0.25, -0.2) is 0 Å². The molecular weight excluding hydrogens is 247 g/mol. The van der Waals surface area contributed by atoms with E-state index in [4.69, 9.17) is 0 Å². The highest BCUT2D eigenvalue weighted by atomic mass is 19.4. The predicted octanol–water partition coefficient (Wildman–Crippen LogP) is 0.158. The minimum absolute atomic E-state index is 0.0397. The lowest BCUT2D eigenvalue weighted by Gasteiger charge is -2.21. The summed E-state index contributed by atoms with van der Waals surface area (Å²) in [6, 6.07) is 0. The van der Waals surface area contributed by atoms with E-state index in [9.17, 15) is 18.0 Å². The zero-order chi connectivity index (χ0) is 13.3. The van der Waals surface area contributed by atoms with Crippen LogP contribution in [0.5, 0.6) is 0 Å². The number of likely N-dealkylation sites (N-methyl/N-ethyl adjacent to an activating group) is 1. The molecule has 2 rings (SSSR count). The van der Waals surface area contributed by atoms with Crippen molar-refractivity contribution in [2.24, 2.45) is 11.8 Å². The van der Waals surface area contributed by atoms with E-state index in [1.165, 1.54) is 4.90 Å². The average molecular weight is 265 g/mol. The highest BCUT2D eigenvalue weighted by Crippen LogP contribution is 2.32. The second-order valence-corrected chi connectivity index (χ2v) is 5.20. The monoisotopic (exact) mass is 265 g/mol. The lowest BCUT2D eigenvalue weighted by atomic mass is 10.0. The number of nitrogens with zero attached hydrogens (tertiary/aromatic N) is 2. The van der Waals surface area contributed by atoms with E-state index in [-0.39, 0.29) is 17.7 Å². The maximum Gasteiger partial charge on any atom is 0.401 e. The van der Waals surface area contributed by atoms with Gasteiger partial charge < -0.3 is 5.32 Å². The van der Waals surface area contributed by atoms with Gasteiger partial charge in [0.25, 0.3) is 0 Å². The molecule has 2 aliphatic heterocycles. The fourth-order valence-corrected chi connectivity index (χ4v) is 2.98. The Hall–Kier alpha value is -0.820. The van der Waals surface area contributed by atoms with Crippen molar-refractivity contribution < 1.29 is 18.0 Å². The third kappa shape index (κ3) is 3.35. The highest BCUT2D eigenvalue weighted by molar-refractivity contribution is 5.77. The van der Waals surface area contributed by atoms with E-state index in [0.717, 1.165) is 13.1 Å². The van der Waals surface area contributed by atoms with Crippen molar-refractivity contribution in [3.63, 3.8) is 0 Å². The Morgan fingerprint density at radius 3 is 2.11 bits per heavy atom. The zero-order valence-corrected chi connectivity index (χ0v) is 10.3. The van der Waals surface area contributed by atoms with Crippen LogP contribution in [0.25, 0.3) is 0 Å². The van der Waals surface area contributed by atoms with Gasteiger partial charge in [-0.1, -0.05) is 0 Å². The maximum absolute atomic E-state index is 12.3. The van der Waals surface area contributed by atoms with Crippen LogP contribution in [-0.4, -0.2) is 68.2 Å². The second kappa shape index (κ2) is 5.05. The lowest BCUT2D eigenvalue weighted by Crippen LogP contribution is -2.38. The first kappa shape index (κ1) is 13.6. The van der Waals surface area contributed by atoms with Crippen LogP contribution in [-0.2, 0) is 4.79 Å². The largest absolute Gasteiger partial charge is 0.401 e. The van der Waals surface area contributed by atoms with Gasteiger partial charge in [0.05, 0.1) is 13.1 Å². The summed E-state index contributed by atoms with van der Waals surface area (Å²) in [7, 11) is 1.59. The van der Waals surface area contributed by atoms with Gasteiger partial charge in [-0.2, -0.15) is 13.2 Å². The highest BCUT2D eigenvalue weighted by Gasteiger charge is 2.43. The predicted molar refractivity (Wildman–Crippen MR) is 60.0 cm³/mol. The lowest BCUT2D eigenvalue weighted by molar-refractivity contribution is -0.144. The van der Waals surface area contributed by atoms with Gasteiger partial charge in [0.15, 0.2) is 0 Å². The first-order chi connectivity index (χ1) is 8.37. The quantitative estimate of drug-likeness (QED) is 0.789. The van der Waals surface area contributed by atoms with Gasteiger partial charge in [0.1, 0.15) is 0 Å². The topological polar surface area (TPSA) is 35.6 Å². The van der Waals surface area contributed by atoms with Crippen molar-refractivity contribution in [1.29, 1.82) is 0 Å². The molecule has 0 bridgehead atoms. The van der Waals surface area contributed by atoms with Crippen molar-refractivity contribution >= 4 is 5.91 Å². The molecule has 0 aromatic rings. The summed E-state index contributed by atoms with van der Waals surface area (Å²) >= 11 is 0. The van der Waals surface area contributed by atoms with Gasteiger partial charge in [0.2, 0.25) is 5.91 Å². The molecule has 0 aromatic carbocycles. The standard InChI is InChI=1S/C11H18F3N3O/c1-15-10(18)6-16-2-8-4-17(5-9(8)3-16)7-11(12,13)14/h8-9H,2-7H2,1H3,(H,15,18). The molecule has 4 nitrogen and oxygen atoms in total. The Labute approximate surface area is 104 Å². The summed E-state index contributed by atoms with van der Waals surface area (Å²) in [6.07, 6.45) is -4.11. The second-order valence-electron chi connectivity index (χ2n) is 5.20. The first-order valence-electron chi connectivity index (χ1n) is 6.09. The van der Waals surface area contributed by atoms with E-state index in [0.29, 0.717) is 19.6 Å². The number of carbonyl (C=O) groups excluding carboxylic acids is 1. The molecule has 0 aromatic heterocycles. The smallest absolute Gasteiger partial charge is 0.358 e.